The lowest BCUT2D eigenvalue weighted by Crippen LogP contribution is -2.11. The fourth-order valence-electron chi connectivity index (χ4n) is 1.03. The number of hydrogen-bond donors (Lipinski definition) is 0. The van der Waals surface area contributed by atoms with E-state index in [-0.39, 0.29) is 5.75 Å². The van der Waals surface area contributed by atoms with Gasteiger partial charge in [-0.3, -0.25) is 0 Å². The minimum absolute atomic E-state index is 0.0972. The lowest BCUT2D eigenvalue weighted by atomic mass is 10.2. The number of methoxy groups -OCH3 is 1. The van der Waals surface area contributed by atoms with Gasteiger partial charge in [0.1, 0.15) is 5.75 Å². The van der Waals surface area contributed by atoms with Crippen LogP contribution in [0.1, 0.15) is 5.56 Å². The SMILES string of the molecule is COc1cc([SiH3])ccc1C(F)(F)F. The van der Waals surface area contributed by atoms with Gasteiger partial charge in [0.2, 0.25) is 0 Å². The number of hydrogen-bond acceptors (Lipinski definition) is 1. The predicted octanol–water partition coefficient (Wildman–Crippen LogP) is 0.705. The molecule has 0 heterocycles. The van der Waals surface area contributed by atoms with Crippen molar-refractivity contribution < 1.29 is 17.9 Å². The van der Waals surface area contributed by atoms with Crippen LogP contribution in [-0.2, 0) is 6.18 Å². The van der Waals surface area contributed by atoms with E-state index in [4.69, 9.17) is 0 Å². The summed E-state index contributed by atoms with van der Waals surface area (Å²) in [6.45, 7) is 0. The van der Waals surface area contributed by atoms with Gasteiger partial charge in [-0.25, -0.2) is 0 Å². The highest BCUT2D eigenvalue weighted by Gasteiger charge is 2.33. The van der Waals surface area contributed by atoms with Crippen molar-refractivity contribution >= 4 is 15.4 Å². The van der Waals surface area contributed by atoms with Crippen molar-refractivity contribution in [1.82, 2.24) is 0 Å². The minimum Gasteiger partial charge on any atom is -0.496 e. The second-order valence-corrected chi connectivity index (χ2v) is 3.86. The highest BCUT2D eigenvalue weighted by Crippen LogP contribution is 2.35. The number of benzene rings is 1. The van der Waals surface area contributed by atoms with E-state index in [0.717, 1.165) is 11.3 Å². The number of halogens is 3. The van der Waals surface area contributed by atoms with Crippen molar-refractivity contribution in [1.29, 1.82) is 0 Å². The van der Waals surface area contributed by atoms with E-state index in [1.165, 1.54) is 19.2 Å². The van der Waals surface area contributed by atoms with E-state index in [1.54, 1.807) is 0 Å². The van der Waals surface area contributed by atoms with Gasteiger partial charge >= 0.3 is 6.18 Å². The zero-order valence-corrected chi connectivity index (χ0v) is 9.27. The Bertz CT molecular complexity index is 309. The zero-order chi connectivity index (χ0) is 10.1. The van der Waals surface area contributed by atoms with Gasteiger partial charge in [-0.05, 0) is 12.1 Å². The van der Waals surface area contributed by atoms with Gasteiger partial charge in [0.05, 0.1) is 12.7 Å². The quantitative estimate of drug-likeness (QED) is 0.615. The Labute approximate surface area is 76.9 Å². The summed E-state index contributed by atoms with van der Waals surface area (Å²) in [4.78, 5) is 0. The average molecular weight is 206 g/mol. The summed E-state index contributed by atoms with van der Waals surface area (Å²) in [7, 11) is 1.96. The van der Waals surface area contributed by atoms with Crippen molar-refractivity contribution in [2.75, 3.05) is 7.11 Å². The fraction of sp³-hybridized carbons (Fsp3) is 0.250. The van der Waals surface area contributed by atoms with Crippen molar-refractivity contribution in [3.8, 4) is 5.75 Å². The molecular weight excluding hydrogens is 197 g/mol. The van der Waals surface area contributed by atoms with Crippen LogP contribution in [0.2, 0.25) is 0 Å². The summed E-state index contributed by atoms with van der Waals surface area (Å²) in [6.07, 6.45) is -4.33. The molecule has 0 amide bonds. The first-order valence-electron chi connectivity index (χ1n) is 3.67. The van der Waals surface area contributed by atoms with Crippen LogP contribution >= 0.6 is 0 Å². The largest absolute Gasteiger partial charge is 0.496 e. The maximum absolute atomic E-state index is 12.3. The zero-order valence-electron chi connectivity index (χ0n) is 7.27. The Balaban J connectivity index is 3.22. The highest BCUT2D eigenvalue weighted by atomic mass is 28.1. The van der Waals surface area contributed by atoms with Crippen LogP contribution < -0.4 is 9.92 Å². The van der Waals surface area contributed by atoms with Gasteiger partial charge < -0.3 is 4.74 Å². The van der Waals surface area contributed by atoms with Gasteiger partial charge in [0.25, 0.3) is 0 Å². The van der Waals surface area contributed by atoms with Crippen LogP contribution in [0.15, 0.2) is 18.2 Å². The molecule has 0 N–H and O–H groups in total. The standard InChI is InChI=1S/C8H9F3OSi/c1-12-7-4-5(13)2-3-6(7)8(9,10)11/h2-4H,1,13H3. The summed E-state index contributed by atoms with van der Waals surface area (Å²) < 4.78 is 41.6. The molecule has 0 atom stereocenters. The van der Waals surface area contributed by atoms with Gasteiger partial charge in [0, 0.05) is 10.2 Å². The van der Waals surface area contributed by atoms with Crippen LogP contribution in [0, 0.1) is 0 Å². The maximum Gasteiger partial charge on any atom is 0.419 e. The molecule has 0 aliphatic carbocycles. The van der Waals surface area contributed by atoms with Gasteiger partial charge in [-0.1, -0.05) is 11.3 Å². The lowest BCUT2D eigenvalue weighted by Gasteiger charge is -2.11. The first-order chi connectivity index (χ1) is 5.95. The van der Waals surface area contributed by atoms with E-state index in [0.29, 0.717) is 10.2 Å². The molecule has 0 saturated heterocycles. The molecular formula is C8H9F3OSi. The first kappa shape index (κ1) is 10.1. The fourth-order valence-corrected chi connectivity index (χ4v) is 1.46. The number of ether oxygens (including phenoxy) is 1. The lowest BCUT2D eigenvalue weighted by molar-refractivity contribution is -0.138. The third-order valence-electron chi connectivity index (χ3n) is 1.66. The normalized spacial score (nSPS) is 11.7. The van der Waals surface area contributed by atoms with Gasteiger partial charge in [0.15, 0.2) is 0 Å². The predicted molar refractivity (Wildman–Crippen MR) is 47.6 cm³/mol. The third-order valence-corrected chi connectivity index (χ3v) is 2.28. The van der Waals surface area contributed by atoms with E-state index in [9.17, 15) is 13.2 Å². The number of rotatable bonds is 1. The first-order valence-corrected chi connectivity index (χ1v) is 4.67. The Kier molecular flexibility index (Phi) is 2.65. The summed E-state index contributed by atoms with van der Waals surface area (Å²) >= 11 is 0. The molecule has 72 valence electrons. The molecule has 0 aliphatic heterocycles. The third kappa shape index (κ3) is 2.24. The van der Waals surface area contributed by atoms with Crippen molar-refractivity contribution in [3.05, 3.63) is 23.8 Å². The molecule has 1 aromatic carbocycles. The van der Waals surface area contributed by atoms with Crippen LogP contribution in [0.3, 0.4) is 0 Å². The Morgan fingerprint density at radius 3 is 2.38 bits per heavy atom. The summed E-state index contributed by atoms with van der Waals surface area (Å²) in [6, 6.07) is 3.95. The highest BCUT2D eigenvalue weighted by molar-refractivity contribution is 6.32. The van der Waals surface area contributed by atoms with Crippen LogP contribution in [0.5, 0.6) is 5.75 Å². The monoisotopic (exact) mass is 206 g/mol. The van der Waals surface area contributed by atoms with Gasteiger partial charge in [-0.2, -0.15) is 13.2 Å². The van der Waals surface area contributed by atoms with E-state index in [2.05, 4.69) is 4.74 Å². The van der Waals surface area contributed by atoms with Crippen LogP contribution in [-0.4, -0.2) is 17.4 Å². The van der Waals surface area contributed by atoms with Crippen molar-refractivity contribution in [2.45, 2.75) is 6.18 Å². The molecule has 0 aromatic heterocycles. The van der Waals surface area contributed by atoms with E-state index >= 15 is 0 Å². The molecule has 0 unspecified atom stereocenters. The second kappa shape index (κ2) is 3.41. The Morgan fingerprint density at radius 2 is 1.92 bits per heavy atom. The average Bonchev–Trinajstić information content (AvgIpc) is 2.01. The molecule has 1 nitrogen and oxygen atoms in total. The molecule has 0 fully saturated rings. The summed E-state index contributed by atoms with van der Waals surface area (Å²) in [5.74, 6) is -0.0972. The summed E-state index contributed by atoms with van der Waals surface area (Å²) in [5, 5.41) is 0.879. The second-order valence-electron chi connectivity index (χ2n) is 2.70. The van der Waals surface area contributed by atoms with E-state index < -0.39 is 11.7 Å². The molecule has 0 bridgehead atoms. The number of alkyl halides is 3. The minimum atomic E-state index is -4.33. The van der Waals surface area contributed by atoms with Crippen molar-refractivity contribution in [2.24, 2.45) is 0 Å². The topological polar surface area (TPSA) is 9.23 Å². The molecule has 1 rings (SSSR count). The molecule has 0 spiro atoms. The molecule has 0 radical (unpaired) electrons. The van der Waals surface area contributed by atoms with Crippen molar-refractivity contribution in [3.63, 3.8) is 0 Å². The summed E-state index contributed by atoms with van der Waals surface area (Å²) in [5.41, 5.74) is -0.713. The Hall–Kier alpha value is -0.973. The smallest absolute Gasteiger partial charge is 0.419 e. The van der Waals surface area contributed by atoms with Gasteiger partial charge in [-0.15, -0.1) is 0 Å². The maximum atomic E-state index is 12.3. The van der Waals surface area contributed by atoms with E-state index in [1.807, 2.05) is 0 Å². The Morgan fingerprint density at radius 1 is 1.31 bits per heavy atom. The molecule has 1 aromatic rings. The molecule has 0 aliphatic rings. The molecule has 0 saturated carbocycles. The molecule has 13 heavy (non-hydrogen) atoms. The molecule has 5 heteroatoms. The van der Waals surface area contributed by atoms with Crippen LogP contribution in [0.25, 0.3) is 0 Å². The van der Waals surface area contributed by atoms with Crippen LogP contribution in [0.4, 0.5) is 13.2 Å².